The fraction of sp³-hybridized carbons (Fsp3) is 0.143. The van der Waals surface area contributed by atoms with E-state index in [1.807, 2.05) is 6.92 Å². The largest absolute Gasteiger partial charge is 0.508 e. The Morgan fingerprint density at radius 2 is 1.79 bits per heavy atom. The van der Waals surface area contributed by atoms with Gasteiger partial charge < -0.3 is 10.4 Å². The first-order valence-corrected chi connectivity index (χ1v) is 6.78. The second-order valence-electron chi connectivity index (χ2n) is 4.17. The van der Waals surface area contributed by atoms with E-state index in [0.717, 1.165) is 5.56 Å². The Hall–Kier alpha value is -1.09. The van der Waals surface area contributed by atoms with Gasteiger partial charge in [0.1, 0.15) is 5.75 Å². The van der Waals surface area contributed by atoms with Crippen molar-refractivity contribution in [1.29, 1.82) is 0 Å². The van der Waals surface area contributed by atoms with Crippen molar-refractivity contribution in [1.82, 2.24) is 0 Å². The quantitative estimate of drug-likeness (QED) is 0.808. The fourth-order valence-electron chi connectivity index (χ4n) is 1.69. The van der Waals surface area contributed by atoms with Crippen LogP contribution in [0, 0.1) is 6.92 Å². The summed E-state index contributed by atoms with van der Waals surface area (Å²) in [6.07, 6.45) is 0. The molecule has 2 N–H and O–H groups in total. The summed E-state index contributed by atoms with van der Waals surface area (Å²) >= 11 is 18.2. The molecule has 0 saturated carbocycles. The van der Waals surface area contributed by atoms with Crippen molar-refractivity contribution in [2.45, 2.75) is 13.5 Å². The second-order valence-corrected chi connectivity index (χ2v) is 5.39. The first-order valence-electron chi connectivity index (χ1n) is 5.65. The smallest absolute Gasteiger partial charge is 0.122 e. The van der Waals surface area contributed by atoms with Crippen LogP contribution in [0.25, 0.3) is 0 Å². The maximum Gasteiger partial charge on any atom is 0.122 e. The van der Waals surface area contributed by atoms with E-state index in [2.05, 4.69) is 5.32 Å². The van der Waals surface area contributed by atoms with Gasteiger partial charge in [0.2, 0.25) is 0 Å². The van der Waals surface area contributed by atoms with Gasteiger partial charge in [0.05, 0.1) is 10.7 Å². The van der Waals surface area contributed by atoms with Gasteiger partial charge in [-0.1, -0.05) is 40.9 Å². The van der Waals surface area contributed by atoms with Gasteiger partial charge in [0, 0.05) is 22.2 Å². The highest BCUT2D eigenvalue weighted by Gasteiger charge is 2.08. The van der Waals surface area contributed by atoms with Crippen molar-refractivity contribution >= 4 is 40.5 Å². The molecule has 0 atom stereocenters. The standard InChI is InChI=1S/C14H12Cl3NO/c1-8-5-12(17)13(6-11(8)16)18-7-9-10(15)3-2-4-14(9)19/h2-6,18-19H,7H2,1H3. The predicted octanol–water partition coefficient (Wildman–Crippen LogP) is 5.27. The molecule has 2 aromatic rings. The maximum atomic E-state index is 9.75. The number of nitrogens with one attached hydrogen (secondary N) is 1. The molecule has 0 unspecified atom stereocenters. The second kappa shape index (κ2) is 5.91. The summed E-state index contributed by atoms with van der Waals surface area (Å²) in [7, 11) is 0. The highest BCUT2D eigenvalue weighted by atomic mass is 35.5. The molecule has 19 heavy (non-hydrogen) atoms. The summed E-state index contributed by atoms with van der Waals surface area (Å²) < 4.78 is 0. The van der Waals surface area contributed by atoms with Crippen LogP contribution in [0.4, 0.5) is 5.69 Å². The number of phenolic OH excluding ortho intramolecular Hbond substituents is 1. The minimum atomic E-state index is 0.148. The van der Waals surface area contributed by atoms with E-state index >= 15 is 0 Å². The number of benzene rings is 2. The van der Waals surface area contributed by atoms with Gasteiger partial charge >= 0.3 is 0 Å². The molecule has 0 saturated heterocycles. The number of phenols is 1. The number of halogens is 3. The Morgan fingerprint density at radius 1 is 1.05 bits per heavy atom. The zero-order chi connectivity index (χ0) is 14.0. The minimum Gasteiger partial charge on any atom is -0.508 e. The molecule has 2 nitrogen and oxygen atoms in total. The number of anilines is 1. The van der Waals surface area contributed by atoms with Crippen molar-refractivity contribution in [3.63, 3.8) is 0 Å². The summed E-state index contributed by atoms with van der Waals surface area (Å²) in [5.74, 6) is 0.148. The van der Waals surface area contributed by atoms with Crippen LogP contribution in [0.5, 0.6) is 5.75 Å². The van der Waals surface area contributed by atoms with E-state index in [1.165, 1.54) is 0 Å². The SMILES string of the molecule is Cc1cc(Cl)c(NCc2c(O)cccc2Cl)cc1Cl. The van der Waals surface area contributed by atoms with Crippen molar-refractivity contribution in [2.24, 2.45) is 0 Å². The third-order valence-electron chi connectivity index (χ3n) is 2.80. The van der Waals surface area contributed by atoms with Gasteiger partial charge in [-0.3, -0.25) is 0 Å². The molecule has 0 amide bonds. The summed E-state index contributed by atoms with van der Waals surface area (Å²) in [4.78, 5) is 0. The highest BCUT2D eigenvalue weighted by molar-refractivity contribution is 6.35. The number of aromatic hydroxyl groups is 1. The number of hydrogen-bond acceptors (Lipinski definition) is 2. The van der Waals surface area contributed by atoms with Crippen LogP contribution in [0.2, 0.25) is 15.1 Å². The van der Waals surface area contributed by atoms with Crippen molar-refractivity contribution in [2.75, 3.05) is 5.32 Å². The van der Waals surface area contributed by atoms with Crippen LogP contribution in [0.1, 0.15) is 11.1 Å². The van der Waals surface area contributed by atoms with Gasteiger partial charge in [-0.15, -0.1) is 0 Å². The van der Waals surface area contributed by atoms with E-state index < -0.39 is 0 Å². The Kier molecular flexibility index (Phi) is 4.46. The van der Waals surface area contributed by atoms with E-state index in [-0.39, 0.29) is 5.75 Å². The molecule has 2 rings (SSSR count). The summed E-state index contributed by atoms with van der Waals surface area (Å²) in [5, 5.41) is 14.6. The molecule has 0 radical (unpaired) electrons. The van der Waals surface area contributed by atoms with Gasteiger partial charge in [-0.2, -0.15) is 0 Å². The van der Waals surface area contributed by atoms with Crippen LogP contribution in [0.3, 0.4) is 0 Å². The topological polar surface area (TPSA) is 32.3 Å². The molecule has 0 heterocycles. The summed E-state index contributed by atoms with van der Waals surface area (Å²) in [5.41, 5.74) is 2.24. The predicted molar refractivity (Wildman–Crippen MR) is 81.6 cm³/mol. The molecule has 0 aromatic heterocycles. The van der Waals surface area contributed by atoms with Crippen molar-refractivity contribution < 1.29 is 5.11 Å². The zero-order valence-electron chi connectivity index (χ0n) is 10.2. The number of hydrogen-bond donors (Lipinski definition) is 2. The van der Waals surface area contributed by atoms with E-state index in [4.69, 9.17) is 34.8 Å². The van der Waals surface area contributed by atoms with Gasteiger partial charge in [-0.25, -0.2) is 0 Å². The average molecular weight is 317 g/mol. The molecule has 100 valence electrons. The third-order valence-corrected chi connectivity index (χ3v) is 3.87. The van der Waals surface area contributed by atoms with Crippen molar-refractivity contribution in [3.8, 4) is 5.75 Å². The first kappa shape index (κ1) is 14.3. The lowest BCUT2D eigenvalue weighted by molar-refractivity contribution is 0.469. The molecular formula is C14H12Cl3NO. The van der Waals surface area contributed by atoms with E-state index in [0.29, 0.717) is 32.9 Å². The fourth-order valence-corrected chi connectivity index (χ4v) is 2.37. The average Bonchev–Trinajstić information content (AvgIpc) is 2.34. The zero-order valence-corrected chi connectivity index (χ0v) is 12.4. The molecule has 0 aliphatic heterocycles. The van der Waals surface area contributed by atoms with Gasteiger partial charge in [0.25, 0.3) is 0 Å². The molecule has 0 aliphatic rings. The number of rotatable bonds is 3. The van der Waals surface area contributed by atoms with Gasteiger partial charge in [0.15, 0.2) is 0 Å². The number of aryl methyl sites for hydroxylation is 1. The molecule has 0 fully saturated rings. The molecule has 2 aromatic carbocycles. The molecule has 0 spiro atoms. The molecule has 5 heteroatoms. The lowest BCUT2D eigenvalue weighted by Gasteiger charge is -2.12. The van der Waals surface area contributed by atoms with Crippen LogP contribution in [-0.4, -0.2) is 5.11 Å². The normalized spacial score (nSPS) is 10.5. The lowest BCUT2D eigenvalue weighted by Crippen LogP contribution is -2.01. The van der Waals surface area contributed by atoms with Gasteiger partial charge in [-0.05, 0) is 36.8 Å². The monoisotopic (exact) mass is 315 g/mol. The Labute approximate surface area is 126 Å². The van der Waals surface area contributed by atoms with Crippen LogP contribution in [-0.2, 0) is 6.54 Å². The maximum absolute atomic E-state index is 9.75. The summed E-state index contributed by atoms with van der Waals surface area (Å²) in [6, 6.07) is 8.55. The first-order chi connectivity index (χ1) is 8.99. The lowest BCUT2D eigenvalue weighted by atomic mass is 10.2. The highest BCUT2D eigenvalue weighted by Crippen LogP contribution is 2.31. The molecule has 0 bridgehead atoms. The van der Waals surface area contributed by atoms with Crippen molar-refractivity contribution in [3.05, 3.63) is 56.5 Å². The van der Waals surface area contributed by atoms with Crippen LogP contribution in [0.15, 0.2) is 30.3 Å². The van der Waals surface area contributed by atoms with Crippen LogP contribution >= 0.6 is 34.8 Å². The molecular weight excluding hydrogens is 305 g/mol. The third kappa shape index (κ3) is 3.27. The van der Waals surface area contributed by atoms with E-state index in [9.17, 15) is 5.11 Å². The molecule has 0 aliphatic carbocycles. The van der Waals surface area contributed by atoms with E-state index in [1.54, 1.807) is 30.3 Å². The Bertz CT molecular complexity index is 594. The Balaban J connectivity index is 2.22. The summed E-state index contributed by atoms with van der Waals surface area (Å²) in [6.45, 7) is 2.25. The van der Waals surface area contributed by atoms with Crippen LogP contribution < -0.4 is 5.32 Å². The Morgan fingerprint density at radius 3 is 2.47 bits per heavy atom. The minimum absolute atomic E-state index is 0.148.